The summed E-state index contributed by atoms with van der Waals surface area (Å²) in [5.74, 6) is 0.624. The molecule has 2 atom stereocenters. The van der Waals surface area contributed by atoms with Gasteiger partial charge in [-0.3, -0.25) is 4.79 Å². The van der Waals surface area contributed by atoms with E-state index in [0.29, 0.717) is 25.3 Å². The second kappa shape index (κ2) is 5.19. The van der Waals surface area contributed by atoms with Crippen molar-refractivity contribution in [2.75, 3.05) is 13.1 Å². The number of carbonyl (C=O) groups is 1. The summed E-state index contributed by atoms with van der Waals surface area (Å²) < 4.78 is 5.55. The molecule has 1 N–H and O–H groups in total. The van der Waals surface area contributed by atoms with Crippen LogP contribution in [-0.4, -0.2) is 41.2 Å². The number of para-hydroxylation sites is 1. The summed E-state index contributed by atoms with van der Waals surface area (Å²) in [5, 5.41) is 9.39. The second-order valence-electron chi connectivity index (χ2n) is 4.30. The second-order valence-corrected chi connectivity index (χ2v) is 4.30. The number of benzene rings is 1. The van der Waals surface area contributed by atoms with E-state index in [2.05, 4.69) is 0 Å². The first-order valence-electron chi connectivity index (χ1n) is 5.85. The molecule has 4 heteroatoms. The highest BCUT2D eigenvalue weighted by molar-refractivity contribution is 5.81. The maximum atomic E-state index is 12.0. The SMILES string of the molecule is C[C@H](Oc1ccccc1)C(=O)N1CC[C@H](O)C1. The standard InChI is InChI=1S/C13H17NO3/c1-10(17-12-5-3-2-4-6-12)13(16)14-8-7-11(15)9-14/h2-6,10-11,15H,7-9H2,1H3/t10-,11-/m0/s1. The fraction of sp³-hybridized carbons (Fsp3) is 0.462. The van der Waals surface area contributed by atoms with Crippen molar-refractivity contribution in [3.63, 3.8) is 0 Å². The van der Waals surface area contributed by atoms with E-state index in [1.807, 2.05) is 30.3 Å². The number of likely N-dealkylation sites (tertiary alicyclic amines) is 1. The molecular weight excluding hydrogens is 218 g/mol. The molecule has 1 fully saturated rings. The van der Waals surface area contributed by atoms with E-state index in [0.717, 1.165) is 0 Å². The van der Waals surface area contributed by atoms with Gasteiger partial charge in [0, 0.05) is 13.1 Å². The minimum atomic E-state index is -0.511. The number of hydrogen-bond acceptors (Lipinski definition) is 3. The van der Waals surface area contributed by atoms with Gasteiger partial charge in [0.25, 0.3) is 5.91 Å². The minimum absolute atomic E-state index is 0.0644. The van der Waals surface area contributed by atoms with Crippen molar-refractivity contribution < 1.29 is 14.6 Å². The van der Waals surface area contributed by atoms with Crippen LogP contribution < -0.4 is 4.74 Å². The first-order valence-corrected chi connectivity index (χ1v) is 5.85. The molecule has 1 amide bonds. The first kappa shape index (κ1) is 11.9. The molecule has 0 saturated carbocycles. The summed E-state index contributed by atoms with van der Waals surface area (Å²) in [6.07, 6.45) is -0.241. The number of carbonyl (C=O) groups excluding carboxylic acids is 1. The number of hydrogen-bond donors (Lipinski definition) is 1. The Morgan fingerprint density at radius 2 is 2.18 bits per heavy atom. The van der Waals surface area contributed by atoms with Gasteiger partial charge in [0.2, 0.25) is 0 Å². The van der Waals surface area contributed by atoms with Gasteiger partial charge in [-0.15, -0.1) is 0 Å². The van der Waals surface area contributed by atoms with Gasteiger partial charge in [-0.25, -0.2) is 0 Å². The van der Waals surface area contributed by atoms with Crippen LogP contribution in [0.3, 0.4) is 0 Å². The van der Waals surface area contributed by atoms with Crippen LogP contribution >= 0.6 is 0 Å². The third-order valence-electron chi connectivity index (χ3n) is 2.88. The van der Waals surface area contributed by atoms with Crippen LogP contribution in [-0.2, 0) is 4.79 Å². The van der Waals surface area contributed by atoms with Crippen molar-refractivity contribution in [2.24, 2.45) is 0 Å². The Balaban J connectivity index is 1.92. The van der Waals surface area contributed by atoms with E-state index in [-0.39, 0.29) is 12.0 Å². The number of nitrogens with zero attached hydrogens (tertiary/aromatic N) is 1. The monoisotopic (exact) mass is 235 g/mol. The first-order chi connectivity index (χ1) is 8.16. The van der Waals surface area contributed by atoms with Crippen molar-refractivity contribution >= 4 is 5.91 Å². The lowest BCUT2D eigenvalue weighted by molar-refractivity contribution is -0.137. The molecule has 92 valence electrons. The van der Waals surface area contributed by atoms with Gasteiger partial charge in [0.15, 0.2) is 6.10 Å². The van der Waals surface area contributed by atoms with Crippen LogP contribution in [0.4, 0.5) is 0 Å². The van der Waals surface area contributed by atoms with Crippen molar-refractivity contribution in [2.45, 2.75) is 25.6 Å². The zero-order valence-electron chi connectivity index (χ0n) is 9.87. The van der Waals surface area contributed by atoms with E-state index in [1.54, 1.807) is 11.8 Å². The highest BCUT2D eigenvalue weighted by atomic mass is 16.5. The number of amides is 1. The van der Waals surface area contributed by atoms with Crippen molar-refractivity contribution in [3.8, 4) is 5.75 Å². The fourth-order valence-electron chi connectivity index (χ4n) is 1.95. The molecule has 2 rings (SSSR count). The quantitative estimate of drug-likeness (QED) is 0.852. The van der Waals surface area contributed by atoms with Gasteiger partial charge in [-0.2, -0.15) is 0 Å². The van der Waals surface area contributed by atoms with E-state index in [9.17, 15) is 9.90 Å². The largest absolute Gasteiger partial charge is 0.481 e. The Labute approximate surface area is 101 Å². The molecule has 0 bridgehead atoms. The normalized spacial score (nSPS) is 21.3. The smallest absolute Gasteiger partial charge is 0.263 e. The molecule has 1 aromatic carbocycles. The summed E-state index contributed by atoms with van der Waals surface area (Å²) in [5.41, 5.74) is 0. The van der Waals surface area contributed by atoms with Crippen LogP contribution in [0.2, 0.25) is 0 Å². The van der Waals surface area contributed by atoms with E-state index >= 15 is 0 Å². The molecule has 1 aromatic rings. The van der Waals surface area contributed by atoms with Crippen LogP contribution in [0.25, 0.3) is 0 Å². The van der Waals surface area contributed by atoms with Gasteiger partial charge in [0.1, 0.15) is 5.75 Å². The molecule has 1 heterocycles. The highest BCUT2D eigenvalue weighted by Crippen LogP contribution is 2.15. The van der Waals surface area contributed by atoms with Crippen molar-refractivity contribution in [3.05, 3.63) is 30.3 Å². The van der Waals surface area contributed by atoms with Gasteiger partial charge in [-0.05, 0) is 25.5 Å². The summed E-state index contributed by atoms with van der Waals surface area (Å²) in [6, 6.07) is 9.28. The van der Waals surface area contributed by atoms with Crippen LogP contribution in [0.5, 0.6) is 5.75 Å². The maximum Gasteiger partial charge on any atom is 0.263 e. The molecule has 0 radical (unpaired) electrons. The number of aliphatic hydroxyl groups excluding tert-OH is 1. The average molecular weight is 235 g/mol. The third-order valence-corrected chi connectivity index (χ3v) is 2.88. The lowest BCUT2D eigenvalue weighted by Crippen LogP contribution is -2.39. The molecule has 17 heavy (non-hydrogen) atoms. The Morgan fingerprint density at radius 1 is 1.47 bits per heavy atom. The van der Waals surface area contributed by atoms with E-state index < -0.39 is 6.10 Å². The zero-order chi connectivity index (χ0) is 12.3. The molecule has 4 nitrogen and oxygen atoms in total. The van der Waals surface area contributed by atoms with Gasteiger partial charge >= 0.3 is 0 Å². The summed E-state index contributed by atoms with van der Waals surface area (Å²) in [7, 11) is 0. The average Bonchev–Trinajstić information content (AvgIpc) is 2.76. The molecular formula is C13H17NO3. The highest BCUT2D eigenvalue weighted by Gasteiger charge is 2.28. The lowest BCUT2D eigenvalue weighted by atomic mass is 10.3. The Morgan fingerprint density at radius 3 is 2.76 bits per heavy atom. The molecule has 1 aliphatic rings. The molecule has 0 aromatic heterocycles. The minimum Gasteiger partial charge on any atom is -0.481 e. The number of rotatable bonds is 3. The number of aliphatic hydroxyl groups is 1. The number of ether oxygens (including phenoxy) is 1. The predicted octanol–water partition coefficient (Wildman–Crippen LogP) is 1.05. The van der Waals surface area contributed by atoms with Crippen molar-refractivity contribution in [1.82, 2.24) is 4.90 Å². The lowest BCUT2D eigenvalue weighted by Gasteiger charge is -2.21. The van der Waals surface area contributed by atoms with Gasteiger partial charge < -0.3 is 14.7 Å². The van der Waals surface area contributed by atoms with Crippen LogP contribution in [0, 0.1) is 0 Å². The maximum absolute atomic E-state index is 12.0. The number of β-amino-alcohol motifs (C(OH)–C–C–N with tert-alkyl or cyclic N) is 1. The Bertz CT molecular complexity index is 380. The molecule has 0 aliphatic carbocycles. The molecule has 1 saturated heterocycles. The summed E-state index contributed by atoms with van der Waals surface area (Å²) in [6.45, 7) is 2.77. The summed E-state index contributed by atoms with van der Waals surface area (Å²) in [4.78, 5) is 13.6. The van der Waals surface area contributed by atoms with E-state index in [1.165, 1.54) is 0 Å². The third kappa shape index (κ3) is 2.97. The predicted molar refractivity (Wildman–Crippen MR) is 63.7 cm³/mol. The Hall–Kier alpha value is -1.55. The zero-order valence-corrected chi connectivity index (χ0v) is 9.87. The van der Waals surface area contributed by atoms with Gasteiger partial charge in [0.05, 0.1) is 6.10 Å². The van der Waals surface area contributed by atoms with E-state index in [4.69, 9.17) is 4.74 Å². The molecule has 1 aliphatic heterocycles. The van der Waals surface area contributed by atoms with Crippen molar-refractivity contribution in [1.29, 1.82) is 0 Å². The topological polar surface area (TPSA) is 49.8 Å². The van der Waals surface area contributed by atoms with Gasteiger partial charge in [-0.1, -0.05) is 18.2 Å². The fourth-order valence-corrected chi connectivity index (χ4v) is 1.95. The van der Waals surface area contributed by atoms with Crippen LogP contribution in [0.1, 0.15) is 13.3 Å². The Kier molecular flexibility index (Phi) is 3.64. The summed E-state index contributed by atoms with van der Waals surface area (Å²) >= 11 is 0. The van der Waals surface area contributed by atoms with Crippen LogP contribution in [0.15, 0.2) is 30.3 Å². The molecule has 0 spiro atoms. The molecule has 0 unspecified atom stereocenters.